The average Bonchev–Trinajstić information content (AvgIpc) is 2.64. The Morgan fingerprint density at radius 1 is 1.12 bits per heavy atom. The van der Waals surface area contributed by atoms with Crippen LogP contribution in [0.15, 0.2) is 30.3 Å². The van der Waals surface area contributed by atoms with Gasteiger partial charge in [-0.25, -0.2) is 4.79 Å². The van der Waals surface area contributed by atoms with E-state index in [2.05, 4.69) is 5.32 Å². The second-order valence-corrected chi connectivity index (χ2v) is 6.07. The lowest BCUT2D eigenvalue weighted by molar-refractivity contribution is -0.162. The number of unbranched alkanes of at least 4 members (excludes halogenated alkanes) is 3. The molecule has 5 nitrogen and oxygen atoms in total. The Morgan fingerprint density at radius 3 is 2.75 bits per heavy atom. The first kappa shape index (κ1) is 18.7. The Bertz CT molecular complexity index is 446. The van der Waals surface area contributed by atoms with E-state index in [1.54, 1.807) is 0 Å². The number of hydrogen-bond acceptors (Lipinski definition) is 4. The van der Waals surface area contributed by atoms with E-state index >= 15 is 0 Å². The smallest absolute Gasteiger partial charge is 0.407 e. The van der Waals surface area contributed by atoms with Crippen molar-refractivity contribution in [1.29, 1.82) is 0 Å². The SMILES string of the molecule is O=C(NCCCCCCOC1CCCCO1)OCc1ccccc1. The summed E-state index contributed by atoms with van der Waals surface area (Å²) in [6, 6.07) is 9.68. The van der Waals surface area contributed by atoms with Crippen molar-refractivity contribution in [1.82, 2.24) is 5.32 Å². The molecule has 1 N–H and O–H groups in total. The summed E-state index contributed by atoms with van der Waals surface area (Å²) in [6.07, 6.45) is 7.23. The first-order valence-electron chi connectivity index (χ1n) is 9.02. The predicted octanol–water partition coefficient (Wildman–Crippen LogP) is 4.02. The van der Waals surface area contributed by atoms with Gasteiger partial charge < -0.3 is 19.5 Å². The number of alkyl carbamates (subject to hydrolysis) is 1. The number of benzene rings is 1. The Kier molecular flexibility index (Phi) is 9.27. The highest BCUT2D eigenvalue weighted by molar-refractivity contribution is 5.67. The van der Waals surface area contributed by atoms with Gasteiger partial charge in [0.1, 0.15) is 6.61 Å². The third-order valence-corrected chi connectivity index (χ3v) is 3.99. The quantitative estimate of drug-likeness (QED) is 0.656. The van der Waals surface area contributed by atoms with E-state index in [9.17, 15) is 4.79 Å². The Balaban J connectivity index is 1.37. The van der Waals surface area contributed by atoms with E-state index in [0.717, 1.165) is 57.3 Å². The largest absolute Gasteiger partial charge is 0.445 e. The topological polar surface area (TPSA) is 56.8 Å². The monoisotopic (exact) mass is 335 g/mol. The van der Waals surface area contributed by atoms with Crippen molar-refractivity contribution < 1.29 is 19.0 Å². The van der Waals surface area contributed by atoms with Crippen LogP contribution in [0.4, 0.5) is 4.79 Å². The van der Waals surface area contributed by atoms with E-state index in [1.165, 1.54) is 6.42 Å². The summed E-state index contributed by atoms with van der Waals surface area (Å²) >= 11 is 0. The highest BCUT2D eigenvalue weighted by atomic mass is 16.7. The van der Waals surface area contributed by atoms with Gasteiger partial charge in [0.05, 0.1) is 0 Å². The number of hydrogen-bond donors (Lipinski definition) is 1. The molecule has 1 heterocycles. The van der Waals surface area contributed by atoms with E-state index in [4.69, 9.17) is 14.2 Å². The zero-order valence-corrected chi connectivity index (χ0v) is 14.4. The number of amides is 1. The number of rotatable bonds is 10. The minimum absolute atomic E-state index is 0.0137. The molecule has 1 aromatic carbocycles. The lowest BCUT2D eigenvalue weighted by atomic mass is 10.2. The number of carbonyl (C=O) groups excluding carboxylic acids is 1. The van der Waals surface area contributed by atoms with Gasteiger partial charge in [-0.15, -0.1) is 0 Å². The first-order valence-corrected chi connectivity index (χ1v) is 9.02. The van der Waals surface area contributed by atoms with Gasteiger partial charge in [0.2, 0.25) is 0 Å². The molecule has 1 aromatic rings. The fourth-order valence-electron chi connectivity index (χ4n) is 2.60. The van der Waals surface area contributed by atoms with Crippen molar-refractivity contribution in [2.45, 2.75) is 57.8 Å². The van der Waals surface area contributed by atoms with Crippen LogP contribution in [-0.4, -0.2) is 32.1 Å². The van der Waals surface area contributed by atoms with Gasteiger partial charge in [-0.1, -0.05) is 43.2 Å². The number of ether oxygens (including phenoxy) is 3. The van der Waals surface area contributed by atoms with Crippen molar-refractivity contribution in [3.8, 4) is 0 Å². The van der Waals surface area contributed by atoms with Crippen molar-refractivity contribution in [2.75, 3.05) is 19.8 Å². The Hall–Kier alpha value is -1.59. The normalized spacial score (nSPS) is 17.4. The molecular formula is C19H29NO4. The summed E-state index contributed by atoms with van der Waals surface area (Å²) in [4.78, 5) is 11.6. The van der Waals surface area contributed by atoms with Crippen LogP contribution >= 0.6 is 0 Å². The molecule has 0 spiro atoms. The van der Waals surface area contributed by atoms with Crippen LogP contribution < -0.4 is 5.32 Å². The molecule has 1 fully saturated rings. The minimum atomic E-state index is -0.350. The lowest BCUT2D eigenvalue weighted by Crippen LogP contribution is -2.25. The van der Waals surface area contributed by atoms with Gasteiger partial charge in [0.15, 0.2) is 6.29 Å². The molecule has 1 atom stereocenters. The molecule has 0 radical (unpaired) electrons. The maximum absolute atomic E-state index is 11.6. The van der Waals surface area contributed by atoms with E-state index in [0.29, 0.717) is 13.2 Å². The molecule has 1 saturated heterocycles. The van der Waals surface area contributed by atoms with Gasteiger partial charge in [-0.05, 0) is 37.7 Å². The zero-order chi connectivity index (χ0) is 16.9. The number of nitrogens with one attached hydrogen (secondary N) is 1. The molecule has 0 aromatic heterocycles. The van der Waals surface area contributed by atoms with Gasteiger partial charge >= 0.3 is 6.09 Å². The van der Waals surface area contributed by atoms with Crippen LogP contribution in [0, 0.1) is 0 Å². The third kappa shape index (κ3) is 8.31. The maximum Gasteiger partial charge on any atom is 0.407 e. The fourth-order valence-corrected chi connectivity index (χ4v) is 2.60. The highest BCUT2D eigenvalue weighted by Crippen LogP contribution is 2.14. The van der Waals surface area contributed by atoms with Crippen LogP contribution in [0.1, 0.15) is 50.5 Å². The molecule has 134 valence electrons. The van der Waals surface area contributed by atoms with Crippen molar-refractivity contribution in [3.05, 3.63) is 35.9 Å². The molecule has 0 aliphatic carbocycles. The third-order valence-electron chi connectivity index (χ3n) is 3.99. The second kappa shape index (κ2) is 11.9. The average molecular weight is 335 g/mol. The molecule has 0 bridgehead atoms. The zero-order valence-electron chi connectivity index (χ0n) is 14.4. The lowest BCUT2D eigenvalue weighted by Gasteiger charge is -2.22. The van der Waals surface area contributed by atoms with Gasteiger partial charge in [0, 0.05) is 19.8 Å². The summed E-state index contributed by atoms with van der Waals surface area (Å²) in [5.74, 6) is 0. The molecule has 2 rings (SSSR count). The molecule has 0 saturated carbocycles. The molecule has 1 unspecified atom stereocenters. The first-order chi connectivity index (χ1) is 11.8. The van der Waals surface area contributed by atoms with E-state index < -0.39 is 0 Å². The van der Waals surface area contributed by atoms with Gasteiger partial charge in [-0.3, -0.25) is 0 Å². The molecular weight excluding hydrogens is 306 g/mol. The summed E-state index contributed by atoms with van der Waals surface area (Å²) in [5, 5.41) is 2.78. The summed E-state index contributed by atoms with van der Waals surface area (Å²) in [6.45, 7) is 2.56. The number of carbonyl (C=O) groups is 1. The minimum Gasteiger partial charge on any atom is -0.445 e. The molecule has 1 amide bonds. The van der Waals surface area contributed by atoms with E-state index in [1.807, 2.05) is 30.3 Å². The molecule has 1 aliphatic heterocycles. The Labute approximate surface area is 144 Å². The van der Waals surface area contributed by atoms with Gasteiger partial charge in [-0.2, -0.15) is 0 Å². The molecule has 5 heteroatoms. The standard InChI is InChI=1S/C19H29NO4/c21-19(24-16-17-10-4-3-5-11-17)20-13-7-1-2-8-14-22-18-12-6-9-15-23-18/h3-5,10-11,18H,1-2,6-9,12-16H2,(H,20,21). The Morgan fingerprint density at radius 2 is 1.96 bits per heavy atom. The maximum atomic E-state index is 11.6. The van der Waals surface area contributed by atoms with Crippen LogP contribution in [0.5, 0.6) is 0 Å². The van der Waals surface area contributed by atoms with E-state index in [-0.39, 0.29) is 12.4 Å². The summed E-state index contributed by atoms with van der Waals surface area (Å²) < 4.78 is 16.4. The summed E-state index contributed by atoms with van der Waals surface area (Å²) in [5.41, 5.74) is 0.995. The van der Waals surface area contributed by atoms with Crippen molar-refractivity contribution in [2.24, 2.45) is 0 Å². The van der Waals surface area contributed by atoms with Gasteiger partial charge in [0.25, 0.3) is 0 Å². The van der Waals surface area contributed by atoms with Crippen LogP contribution in [-0.2, 0) is 20.8 Å². The van der Waals surface area contributed by atoms with Crippen molar-refractivity contribution in [3.63, 3.8) is 0 Å². The van der Waals surface area contributed by atoms with Crippen LogP contribution in [0.2, 0.25) is 0 Å². The molecule has 1 aliphatic rings. The predicted molar refractivity (Wildman–Crippen MR) is 92.6 cm³/mol. The molecule has 24 heavy (non-hydrogen) atoms. The second-order valence-electron chi connectivity index (χ2n) is 6.07. The van der Waals surface area contributed by atoms with Crippen molar-refractivity contribution >= 4 is 6.09 Å². The van der Waals surface area contributed by atoms with Crippen LogP contribution in [0.3, 0.4) is 0 Å². The fraction of sp³-hybridized carbons (Fsp3) is 0.632. The summed E-state index contributed by atoms with van der Waals surface area (Å²) in [7, 11) is 0. The highest BCUT2D eigenvalue weighted by Gasteiger charge is 2.13. The van der Waals surface area contributed by atoms with Crippen LogP contribution in [0.25, 0.3) is 0 Å².